The number of fused-ring (bicyclic) bond motifs is 2. The van der Waals surface area contributed by atoms with Gasteiger partial charge in [-0.3, -0.25) is 9.59 Å². The van der Waals surface area contributed by atoms with Gasteiger partial charge in [0.2, 0.25) is 5.91 Å². The van der Waals surface area contributed by atoms with Crippen LogP contribution in [0.5, 0.6) is 5.75 Å². The van der Waals surface area contributed by atoms with E-state index >= 15 is 0 Å². The number of nitrogens with zero attached hydrogens (tertiary/aromatic N) is 2. The highest BCUT2D eigenvalue weighted by atomic mass is 35.5. The van der Waals surface area contributed by atoms with E-state index in [4.69, 9.17) is 16.3 Å². The van der Waals surface area contributed by atoms with Crippen molar-refractivity contribution in [1.29, 1.82) is 0 Å². The molecule has 0 bridgehead atoms. The second kappa shape index (κ2) is 10.6. The van der Waals surface area contributed by atoms with Crippen molar-refractivity contribution in [2.45, 2.75) is 19.9 Å². The van der Waals surface area contributed by atoms with Crippen LogP contribution in [0.4, 0.5) is 10.5 Å². The molecule has 7 nitrogen and oxygen atoms in total. The van der Waals surface area contributed by atoms with Crippen LogP contribution in [0.1, 0.15) is 24.2 Å². The van der Waals surface area contributed by atoms with E-state index in [1.165, 1.54) is 9.80 Å². The first-order valence-electron chi connectivity index (χ1n) is 11.5. The minimum absolute atomic E-state index is 0.0568. The van der Waals surface area contributed by atoms with Crippen LogP contribution in [0.15, 0.2) is 72.8 Å². The van der Waals surface area contributed by atoms with Gasteiger partial charge in [0.25, 0.3) is 5.91 Å². The van der Waals surface area contributed by atoms with Gasteiger partial charge >= 0.3 is 6.09 Å². The first-order valence-corrected chi connectivity index (χ1v) is 11.9. The standard InChI is InChI=1S/C25H20ClN3O4.C2H6/c26-18-9-6-16(7-10-18)17-8-11-21-20(14-17)24(31)29-13-12-28(15-22(29)23(30)27-21)25(32)33-19-4-2-1-3-5-19;1-2/h1-11,14,22H,12-13,15H2,(H,27,30);1-2H3. The molecule has 0 aromatic heterocycles. The molecule has 1 saturated heterocycles. The summed E-state index contributed by atoms with van der Waals surface area (Å²) >= 11 is 5.99. The van der Waals surface area contributed by atoms with Crippen molar-refractivity contribution in [2.75, 3.05) is 25.0 Å². The summed E-state index contributed by atoms with van der Waals surface area (Å²) in [4.78, 5) is 42.0. The van der Waals surface area contributed by atoms with Crippen LogP contribution in [0.3, 0.4) is 0 Å². The van der Waals surface area contributed by atoms with E-state index in [1.807, 2.05) is 38.1 Å². The second-order valence-corrected chi connectivity index (χ2v) is 8.33. The zero-order valence-electron chi connectivity index (χ0n) is 19.5. The van der Waals surface area contributed by atoms with Crippen LogP contribution in [-0.4, -0.2) is 53.4 Å². The predicted molar refractivity (Wildman–Crippen MR) is 136 cm³/mol. The van der Waals surface area contributed by atoms with Gasteiger partial charge in [-0.2, -0.15) is 0 Å². The number of benzene rings is 3. The monoisotopic (exact) mass is 491 g/mol. The van der Waals surface area contributed by atoms with Gasteiger partial charge in [0.05, 0.1) is 17.8 Å². The molecule has 8 heteroatoms. The SMILES string of the molecule is CC.O=C1Nc2ccc(-c3ccc(Cl)cc3)cc2C(=O)N2CCN(C(=O)Oc3ccccc3)CC12. The third kappa shape index (κ3) is 5.15. The van der Waals surface area contributed by atoms with E-state index in [0.29, 0.717) is 22.0 Å². The van der Waals surface area contributed by atoms with Gasteiger partial charge in [-0.1, -0.05) is 61.8 Å². The average Bonchev–Trinajstić information content (AvgIpc) is 3.00. The minimum Gasteiger partial charge on any atom is -0.410 e. The van der Waals surface area contributed by atoms with Crippen LogP contribution in [0.2, 0.25) is 5.02 Å². The molecule has 3 amide bonds. The van der Waals surface area contributed by atoms with E-state index < -0.39 is 12.1 Å². The van der Waals surface area contributed by atoms with Crippen LogP contribution in [-0.2, 0) is 4.79 Å². The zero-order chi connectivity index (χ0) is 24.9. The Bertz CT molecular complexity index is 1230. The normalized spacial score (nSPS) is 16.7. The van der Waals surface area contributed by atoms with Gasteiger partial charge in [-0.05, 0) is 47.5 Å². The molecule has 0 saturated carbocycles. The molecule has 1 unspecified atom stereocenters. The molecule has 1 N–H and O–H groups in total. The maximum Gasteiger partial charge on any atom is 0.415 e. The fourth-order valence-corrected chi connectivity index (χ4v) is 4.22. The fourth-order valence-electron chi connectivity index (χ4n) is 4.09. The highest BCUT2D eigenvalue weighted by Gasteiger charge is 2.41. The smallest absolute Gasteiger partial charge is 0.410 e. The lowest BCUT2D eigenvalue weighted by Crippen LogP contribution is -2.59. The Morgan fingerprint density at radius 2 is 1.63 bits per heavy atom. The molecule has 2 aliphatic rings. The van der Waals surface area contributed by atoms with Crippen molar-refractivity contribution in [2.24, 2.45) is 0 Å². The predicted octanol–water partition coefficient (Wildman–Crippen LogP) is 5.31. The van der Waals surface area contributed by atoms with Crippen LogP contribution < -0.4 is 10.1 Å². The first kappa shape index (κ1) is 24.3. The summed E-state index contributed by atoms with van der Waals surface area (Å²) in [5.74, 6) is -0.160. The summed E-state index contributed by atoms with van der Waals surface area (Å²) in [6, 6.07) is 20.6. The Labute approximate surface area is 209 Å². The highest BCUT2D eigenvalue weighted by Crippen LogP contribution is 2.31. The van der Waals surface area contributed by atoms with Gasteiger partial charge in [0, 0.05) is 18.1 Å². The number of ether oxygens (including phenoxy) is 1. The summed E-state index contributed by atoms with van der Waals surface area (Å²) in [7, 11) is 0. The van der Waals surface area contributed by atoms with E-state index in [0.717, 1.165) is 11.1 Å². The van der Waals surface area contributed by atoms with Crippen molar-refractivity contribution in [3.63, 3.8) is 0 Å². The lowest BCUT2D eigenvalue weighted by Gasteiger charge is -2.38. The van der Waals surface area contributed by atoms with E-state index in [9.17, 15) is 14.4 Å². The number of carbonyl (C=O) groups excluding carboxylic acids is 3. The molecule has 35 heavy (non-hydrogen) atoms. The summed E-state index contributed by atoms with van der Waals surface area (Å²) < 4.78 is 5.40. The maximum absolute atomic E-state index is 13.4. The number of carbonyl (C=O) groups is 3. The molecular formula is C27H26ClN3O4. The molecule has 0 aliphatic carbocycles. The van der Waals surface area contributed by atoms with Crippen molar-refractivity contribution >= 4 is 35.2 Å². The first-order chi connectivity index (χ1) is 17.0. The lowest BCUT2D eigenvalue weighted by molar-refractivity contribution is -0.121. The summed E-state index contributed by atoms with van der Waals surface area (Å²) in [6.45, 7) is 4.56. The summed E-state index contributed by atoms with van der Waals surface area (Å²) in [5, 5.41) is 3.48. The molecule has 3 aromatic rings. The lowest BCUT2D eigenvalue weighted by atomic mass is 10.0. The Balaban J connectivity index is 0.00000141. The Morgan fingerprint density at radius 1 is 0.943 bits per heavy atom. The second-order valence-electron chi connectivity index (χ2n) is 7.90. The van der Waals surface area contributed by atoms with Crippen molar-refractivity contribution in [1.82, 2.24) is 9.80 Å². The number of rotatable bonds is 2. The topological polar surface area (TPSA) is 79.0 Å². The van der Waals surface area contributed by atoms with E-state index in [-0.39, 0.29) is 31.4 Å². The molecule has 2 aliphatic heterocycles. The van der Waals surface area contributed by atoms with E-state index in [1.54, 1.807) is 48.5 Å². The number of nitrogens with one attached hydrogen (secondary N) is 1. The maximum atomic E-state index is 13.4. The number of hydrogen-bond acceptors (Lipinski definition) is 4. The molecule has 180 valence electrons. The van der Waals surface area contributed by atoms with E-state index in [2.05, 4.69) is 5.32 Å². The molecule has 0 radical (unpaired) electrons. The quantitative estimate of drug-likeness (QED) is 0.527. The molecule has 2 heterocycles. The molecule has 1 fully saturated rings. The zero-order valence-corrected chi connectivity index (χ0v) is 20.3. The van der Waals surface area contributed by atoms with Gasteiger partial charge in [0.15, 0.2) is 0 Å². The minimum atomic E-state index is -0.805. The summed E-state index contributed by atoms with van der Waals surface area (Å²) in [6.07, 6.45) is -0.548. The Kier molecular flexibility index (Phi) is 7.36. The molecule has 0 spiro atoms. The average molecular weight is 492 g/mol. The molecular weight excluding hydrogens is 466 g/mol. The third-order valence-corrected chi connectivity index (χ3v) is 6.09. The number of anilines is 1. The van der Waals surface area contributed by atoms with Gasteiger partial charge in [-0.25, -0.2) is 4.79 Å². The van der Waals surface area contributed by atoms with Crippen molar-refractivity contribution in [3.05, 3.63) is 83.4 Å². The molecule has 1 atom stereocenters. The van der Waals surface area contributed by atoms with Gasteiger partial charge < -0.3 is 19.9 Å². The number of amides is 3. The fraction of sp³-hybridized carbons (Fsp3) is 0.222. The van der Waals surface area contributed by atoms with Crippen LogP contribution >= 0.6 is 11.6 Å². The van der Waals surface area contributed by atoms with Crippen molar-refractivity contribution in [3.8, 4) is 16.9 Å². The van der Waals surface area contributed by atoms with Gasteiger partial charge in [-0.15, -0.1) is 0 Å². The van der Waals surface area contributed by atoms with Crippen LogP contribution in [0, 0.1) is 0 Å². The van der Waals surface area contributed by atoms with Gasteiger partial charge in [0.1, 0.15) is 11.8 Å². The largest absolute Gasteiger partial charge is 0.415 e. The van der Waals surface area contributed by atoms with Crippen molar-refractivity contribution < 1.29 is 19.1 Å². The van der Waals surface area contributed by atoms with Crippen LogP contribution in [0.25, 0.3) is 11.1 Å². The number of piperazine rings is 1. The number of para-hydroxylation sites is 1. The Morgan fingerprint density at radius 3 is 2.34 bits per heavy atom. The number of halogens is 1. The molecule has 3 aromatic carbocycles. The summed E-state index contributed by atoms with van der Waals surface area (Å²) in [5.41, 5.74) is 2.63. The molecule has 5 rings (SSSR count). The Hall–Kier alpha value is -3.84. The number of hydrogen-bond donors (Lipinski definition) is 1. The highest BCUT2D eigenvalue weighted by molar-refractivity contribution is 6.30. The third-order valence-electron chi connectivity index (χ3n) is 5.84.